The highest BCUT2D eigenvalue weighted by Gasteiger charge is 2.24. The molecule has 3 aromatic rings. The number of imidazole rings is 1. The van der Waals surface area contributed by atoms with Crippen molar-refractivity contribution in [2.45, 2.75) is 53.1 Å². The molecular weight excluding hydrogens is 374 g/mol. The van der Waals surface area contributed by atoms with Gasteiger partial charge in [-0.25, -0.2) is 13.8 Å². The van der Waals surface area contributed by atoms with Crippen LogP contribution >= 0.6 is 0 Å². The van der Waals surface area contributed by atoms with E-state index in [0.717, 1.165) is 30.5 Å². The van der Waals surface area contributed by atoms with Crippen molar-refractivity contribution in [3.63, 3.8) is 0 Å². The van der Waals surface area contributed by atoms with E-state index in [0.29, 0.717) is 24.4 Å². The molecule has 1 aromatic carbocycles. The number of ether oxygens (including phenoxy) is 1. The molecule has 3 rings (SSSR count). The molecule has 29 heavy (non-hydrogen) atoms. The molecule has 1 atom stereocenters. The maximum absolute atomic E-state index is 14.9. The zero-order chi connectivity index (χ0) is 21.1. The Kier molecular flexibility index (Phi) is 6.42. The van der Waals surface area contributed by atoms with Gasteiger partial charge >= 0.3 is 0 Å². The lowest BCUT2D eigenvalue weighted by Crippen LogP contribution is -2.17. The molecule has 0 aliphatic heterocycles. The van der Waals surface area contributed by atoms with Crippen LogP contribution in [-0.4, -0.2) is 27.9 Å². The SMILES string of the molecule is CCCOC(CC)Cc1c(-c2c(F)cc(C(C)=O)cc2F)nc2cc(C)ccn12. The lowest BCUT2D eigenvalue weighted by Gasteiger charge is -2.17. The lowest BCUT2D eigenvalue weighted by atomic mass is 10.0. The number of halogens is 2. The Morgan fingerprint density at radius 3 is 2.48 bits per heavy atom. The number of hydrogen-bond donors (Lipinski definition) is 0. The second-order valence-corrected chi connectivity index (χ2v) is 7.32. The Morgan fingerprint density at radius 1 is 1.21 bits per heavy atom. The van der Waals surface area contributed by atoms with Crippen molar-refractivity contribution in [2.75, 3.05) is 6.61 Å². The summed E-state index contributed by atoms with van der Waals surface area (Å²) in [6.07, 6.45) is 3.92. The Bertz CT molecular complexity index is 1020. The molecule has 0 aliphatic carbocycles. The molecular formula is C23H26F2N2O2. The van der Waals surface area contributed by atoms with Crippen LogP contribution in [0, 0.1) is 18.6 Å². The molecule has 0 bridgehead atoms. The van der Waals surface area contributed by atoms with Gasteiger partial charge in [-0.3, -0.25) is 4.79 Å². The van der Waals surface area contributed by atoms with Crippen LogP contribution in [-0.2, 0) is 11.2 Å². The standard InChI is InChI=1S/C23H26F2N2O2/c1-5-9-29-17(6-2)13-20-23(26-21-10-14(3)7-8-27(20)21)22-18(24)11-16(15(4)28)12-19(22)25/h7-8,10-12,17H,5-6,9,13H2,1-4H3. The van der Waals surface area contributed by atoms with Gasteiger partial charge in [0.2, 0.25) is 0 Å². The number of pyridine rings is 1. The van der Waals surface area contributed by atoms with Crippen molar-refractivity contribution in [3.8, 4) is 11.3 Å². The van der Waals surface area contributed by atoms with Crippen LogP contribution < -0.4 is 0 Å². The molecule has 0 fully saturated rings. The maximum Gasteiger partial charge on any atom is 0.160 e. The van der Waals surface area contributed by atoms with E-state index in [4.69, 9.17) is 4.74 Å². The third-order valence-corrected chi connectivity index (χ3v) is 5.00. The second kappa shape index (κ2) is 8.82. The van der Waals surface area contributed by atoms with E-state index in [9.17, 15) is 13.6 Å². The third-order valence-electron chi connectivity index (χ3n) is 5.00. The number of rotatable bonds is 8. The number of Topliss-reactive ketones (excluding diaryl/α,β-unsaturated/α-hetero) is 1. The fraction of sp³-hybridized carbons (Fsp3) is 0.391. The van der Waals surface area contributed by atoms with Crippen LogP contribution in [0.3, 0.4) is 0 Å². The first-order valence-corrected chi connectivity index (χ1v) is 9.95. The van der Waals surface area contributed by atoms with Gasteiger partial charge < -0.3 is 9.14 Å². The van der Waals surface area contributed by atoms with Crippen LogP contribution in [0.4, 0.5) is 8.78 Å². The summed E-state index contributed by atoms with van der Waals surface area (Å²) in [5.41, 5.74) is 2.35. The zero-order valence-corrected chi connectivity index (χ0v) is 17.3. The van der Waals surface area contributed by atoms with Crippen LogP contribution in [0.2, 0.25) is 0 Å². The average Bonchev–Trinajstić information content (AvgIpc) is 3.01. The number of carbonyl (C=O) groups excluding carboxylic acids is 1. The molecule has 0 saturated carbocycles. The van der Waals surface area contributed by atoms with E-state index in [1.165, 1.54) is 6.92 Å². The summed E-state index contributed by atoms with van der Waals surface area (Å²) in [5, 5.41) is 0. The summed E-state index contributed by atoms with van der Waals surface area (Å²) in [6, 6.07) is 5.96. The van der Waals surface area contributed by atoms with Gasteiger partial charge in [-0.2, -0.15) is 0 Å². The molecule has 0 aliphatic rings. The first kappa shape index (κ1) is 21.1. The number of ketones is 1. The quantitative estimate of drug-likeness (QED) is 0.467. The Morgan fingerprint density at radius 2 is 1.90 bits per heavy atom. The second-order valence-electron chi connectivity index (χ2n) is 7.32. The normalized spacial score (nSPS) is 12.5. The highest BCUT2D eigenvalue weighted by molar-refractivity contribution is 5.94. The topological polar surface area (TPSA) is 43.6 Å². The summed E-state index contributed by atoms with van der Waals surface area (Å²) in [6.45, 7) is 7.91. The van der Waals surface area contributed by atoms with Crippen molar-refractivity contribution >= 4 is 11.4 Å². The van der Waals surface area contributed by atoms with Crippen molar-refractivity contribution in [3.05, 3.63) is 58.9 Å². The van der Waals surface area contributed by atoms with Gasteiger partial charge in [0.25, 0.3) is 0 Å². The van der Waals surface area contributed by atoms with Gasteiger partial charge in [0.1, 0.15) is 17.3 Å². The van der Waals surface area contributed by atoms with E-state index < -0.39 is 11.6 Å². The number of aryl methyl sites for hydroxylation is 1. The number of nitrogens with zero attached hydrogens (tertiary/aromatic N) is 2. The number of hydrogen-bond acceptors (Lipinski definition) is 3. The number of carbonyl (C=O) groups is 1. The van der Waals surface area contributed by atoms with Crippen LogP contribution in [0.15, 0.2) is 30.5 Å². The molecule has 2 heterocycles. The fourth-order valence-electron chi connectivity index (χ4n) is 3.42. The monoisotopic (exact) mass is 400 g/mol. The molecule has 4 nitrogen and oxygen atoms in total. The summed E-state index contributed by atoms with van der Waals surface area (Å²) in [4.78, 5) is 16.1. The summed E-state index contributed by atoms with van der Waals surface area (Å²) in [7, 11) is 0. The highest BCUT2D eigenvalue weighted by atomic mass is 19.1. The minimum atomic E-state index is -0.792. The largest absolute Gasteiger partial charge is 0.378 e. The van der Waals surface area contributed by atoms with Crippen LogP contribution in [0.5, 0.6) is 0 Å². The Balaban J connectivity index is 2.18. The first-order valence-electron chi connectivity index (χ1n) is 9.95. The molecule has 154 valence electrons. The van der Waals surface area contributed by atoms with E-state index in [2.05, 4.69) is 4.98 Å². The minimum Gasteiger partial charge on any atom is -0.378 e. The van der Waals surface area contributed by atoms with Crippen LogP contribution in [0.25, 0.3) is 16.9 Å². The number of fused-ring (bicyclic) bond motifs is 1. The molecule has 1 unspecified atom stereocenters. The van der Waals surface area contributed by atoms with Crippen LogP contribution in [0.1, 0.15) is 55.2 Å². The smallest absolute Gasteiger partial charge is 0.160 e. The Labute approximate surface area is 169 Å². The zero-order valence-electron chi connectivity index (χ0n) is 17.3. The predicted octanol–water partition coefficient (Wildman–Crippen LogP) is 5.54. The van der Waals surface area contributed by atoms with Gasteiger partial charge in [0.15, 0.2) is 5.78 Å². The molecule has 6 heteroatoms. The molecule has 0 radical (unpaired) electrons. The molecule has 2 aromatic heterocycles. The fourth-order valence-corrected chi connectivity index (χ4v) is 3.42. The van der Waals surface area contributed by atoms with E-state index >= 15 is 0 Å². The average molecular weight is 400 g/mol. The first-order chi connectivity index (χ1) is 13.8. The van der Waals surface area contributed by atoms with Crippen molar-refractivity contribution in [1.82, 2.24) is 9.38 Å². The summed E-state index contributed by atoms with van der Waals surface area (Å²) in [5.74, 6) is -1.97. The minimum absolute atomic E-state index is 0.00243. The van der Waals surface area contributed by atoms with Gasteiger partial charge in [-0.15, -0.1) is 0 Å². The van der Waals surface area contributed by atoms with Gasteiger partial charge in [-0.1, -0.05) is 13.8 Å². The van der Waals surface area contributed by atoms with E-state index in [1.807, 2.05) is 43.5 Å². The van der Waals surface area contributed by atoms with E-state index in [1.54, 1.807) is 0 Å². The van der Waals surface area contributed by atoms with Gasteiger partial charge in [-0.05, 0) is 56.5 Å². The van der Waals surface area contributed by atoms with Crippen molar-refractivity contribution in [2.24, 2.45) is 0 Å². The number of benzene rings is 1. The maximum atomic E-state index is 14.9. The summed E-state index contributed by atoms with van der Waals surface area (Å²) < 4.78 is 37.6. The third kappa shape index (κ3) is 4.37. The van der Waals surface area contributed by atoms with Gasteiger partial charge in [0.05, 0.1) is 23.1 Å². The van der Waals surface area contributed by atoms with Gasteiger partial charge in [0, 0.05) is 24.8 Å². The highest BCUT2D eigenvalue weighted by Crippen LogP contribution is 2.32. The molecule has 0 spiro atoms. The predicted molar refractivity (Wildman–Crippen MR) is 109 cm³/mol. The Hall–Kier alpha value is -2.60. The summed E-state index contributed by atoms with van der Waals surface area (Å²) >= 11 is 0. The van der Waals surface area contributed by atoms with Crippen molar-refractivity contribution < 1.29 is 18.3 Å². The molecule has 0 amide bonds. The molecule has 0 saturated heterocycles. The number of aromatic nitrogens is 2. The lowest BCUT2D eigenvalue weighted by molar-refractivity contribution is 0.0508. The molecule has 0 N–H and O–H groups in total. The van der Waals surface area contributed by atoms with Crippen molar-refractivity contribution in [1.29, 1.82) is 0 Å². The van der Waals surface area contributed by atoms with E-state index in [-0.39, 0.29) is 28.7 Å².